The van der Waals surface area contributed by atoms with Gasteiger partial charge in [0, 0.05) is 25.3 Å². The van der Waals surface area contributed by atoms with Crippen LogP contribution in [0.5, 0.6) is 0 Å². The number of nitrogens with two attached hydrogens (primary N) is 1. The second-order valence-electron chi connectivity index (χ2n) is 12.6. The van der Waals surface area contributed by atoms with Crippen molar-refractivity contribution in [2.24, 2.45) is 23.5 Å². The first-order valence-electron chi connectivity index (χ1n) is 14.5. The fourth-order valence-electron chi connectivity index (χ4n) is 5.45. The number of ether oxygens (including phenoxy) is 3. The molecule has 1 amide bonds. The molecule has 3 aliphatic rings. The standard InChI is InChI=1S/C28H50N2O10/c1-13(2)6-7-18(39-27-25(35)23(29)24(34)15(5)38-27)10-21-22(26(36)30-16-8-17(31)9-16)20(33)12-28(37,40-21)11-19(32)14(3)4/h6-7,13-25,27,31-35,37H,8-12,29H2,1-5H3,(H,30,36)/b7-6+/t15?,16-,17-,18-,19+,20-,21-,22+,23?,24?,25?,27?,28+/m0/s1. The van der Waals surface area contributed by atoms with Gasteiger partial charge in [0.1, 0.15) is 6.10 Å². The fourth-order valence-corrected chi connectivity index (χ4v) is 5.45. The van der Waals surface area contributed by atoms with Gasteiger partial charge in [-0.25, -0.2) is 0 Å². The number of aliphatic hydroxyl groups excluding tert-OH is 5. The van der Waals surface area contributed by atoms with Crippen LogP contribution in [-0.4, -0.2) is 110 Å². The minimum Gasteiger partial charge on any atom is -0.393 e. The highest BCUT2D eigenvalue weighted by molar-refractivity contribution is 5.80. The smallest absolute Gasteiger partial charge is 0.228 e. The molecule has 0 aromatic rings. The summed E-state index contributed by atoms with van der Waals surface area (Å²) in [5, 5.41) is 66.3. The SMILES string of the molecule is CC(C)/C=C/[C@@H](C[C@@H]1O[C@](O)(C[C@@H](O)C(C)C)C[C@H](O)[C@H]1C(=O)N[C@H]1C[C@H](O)C1)OC1OC(C)C(O)C(N)C1O. The van der Waals surface area contributed by atoms with Crippen molar-refractivity contribution in [3.63, 3.8) is 0 Å². The van der Waals surface area contributed by atoms with Gasteiger partial charge in [-0.2, -0.15) is 0 Å². The molecule has 232 valence electrons. The highest BCUT2D eigenvalue weighted by atomic mass is 16.7. The van der Waals surface area contributed by atoms with E-state index in [4.69, 9.17) is 19.9 Å². The van der Waals surface area contributed by atoms with Crippen LogP contribution in [0.2, 0.25) is 0 Å². The molecule has 2 aliphatic heterocycles. The first kappa shape index (κ1) is 33.3. The number of aliphatic hydroxyl groups is 6. The number of amides is 1. The molecule has 12 heteroatoms. The van der Waals surface area contributed by atoms with Crippen LogP contribution in [0, 0.1) is 17.8 Å². The predicted molar refractivity (Wildman–Crippen MR) is 144 cm³/mol. The summed E-state index contributed by atoms with van der Waals surface area (Å²) in [6.07, 6.45) is -4.85. The van der Waals surface area contributed by atoms with Crippen LogP contribution in [0.4, 0.5) is 0 Å². The third kappa shape index (κ3) is 8.43. The van der Waals surface area contributed by atoms with Crippen LogP contribution < -0.4 is 11.1 Å². The monoisotopic (exact) mass is 574 g/mol. The van der Waals surface area contributed by atoms with Crippen LogP contribution in [0.3, 0.4) is 0 Å². The normalized spacial score (nSPS) is 42.1. The Hall–Kier alpha value is -1.19. The zero-order valence-electron chi connectivity index (χ0n) is 24.2. The molecule has 0 bridgehead atoms. The Labute approximate surface area is 236 Å². The molecular formula is C28H50N2O10. The molecular weight excluding hydrogens is 524 g/mol. The van der Waals surface area contributed by atoms with E-state index in [0.29, 0.717) is 12.8 Å². The zero-order valence-corrected chi connectivity index (χ0v) is 24.2. The van der Waals surface area contributed by atoms with Gasteiger partial charge in [0.2, 0.25) is 5.91 Å². The number of carbonyl (C=O) groups excluding carboxylic acids is 1. The number of rotatable bonds is 11. The van der Waals surface area contributed by atoms with Crippen molar-refractivity contribution in [1.29, 1.82) is 0 Å². The van der Waals surface area contributed by atoms with Crippen LogP contribution in [0.25, 0.3) is 0 Å². The summed E-state index contributed by atoms with van der Waals surface area (Å²) in [4.78, 5) is 13.4. The predicted octanol–water partition coefficient (Wildman–Crippen LogP) is -0.731. The van der Waals surface area contributed by atoms with Gasteiger partial charge in [-0.05, 0) is 31.6 Å². The number of nitrogens with one attached hydrogen (secondary N) is 1. The largest absolute Gasteiger partial charge is 0.393 e. The molecule has 2 saturated heterocycles. The van der Waals surface area contributed by atoms with Crippen LogP contribution in [0.1, 0.15) is 66.7 Å². The van der Waals surface area contributed by atoms with Crippen molar-refractivity contribution >= 4 is 5.91 Å². The number of allylic oxidation sites excluding steroid dienone is 1. The Bertz CT molecular complexity index is 853. The minimum absolute atomic E-state index is 0.00943. The Morgan fingerprint density at radius 3 is 2.35 bits per heavy atom. The van der Waals surface area contributed by atoms with Gasteiger partial charge >= 0.3 is 0 Å². The maximum atomic E-state index is 13.4. The third-order valence-electron chi connectivity index (χ3n) is 8.16. The average molecular weight is 575 g/mol. The summed E-state index contributed by atoms with van der Waals surface area (Å²) in [7, 11) is 0. The quantitative estimate of drug-likeness (QED) is 0.144. The lowest BCUT2D eigenvalue weighted by molar-refractivity contribution is -0.307. The second-order valence-corrected chi connectivity index (χ2v) is 12.6. The highest BCUT2D eigenvalue weighted by Crippen LogP contribution is 2.38. The lowest BCUT2D eigenvalue weighted by Gasteiger charge is -2.46. The molecule has 12 nitrogen and oxygen atoms in total. The molecule has 0 aromatic carbocycles. The van der Waals surface area contributed by atoms with Gasteiger partial charge in [0.15, 0.2) is 12.1 Å². The van der Waals surface area contributed by atoms with Crippen LogP contribution in [0.15, 0.2) is 12.2 Å². The van der Waals surface area contributed by atoms with Gasteiger partial charge in [0.25, 0.3) is 0 Å². The summed E-state index contributed by atoms with van der Waals surface area (Å²) >= 11 is 0. The summed E-state index contributed by atoms with van der Waals surface area (Å²) in [6.45, 7) is 9.14. The number of hydrogen-bond acceptors (Lipinski definition) is 11. The molecule has 5 unspecified atom stereocenters. The summed E-state index contributed by atoms with van der Waals surface area (Å²) < 4.78 is 17.9. The molecule has 1 aliphatic carbocycles. The van der Waals surface area contributed by atoms with Crippen molar-refractivity contribution in [2.75, 3.05) is 0 Å². The van der Waals surface area contributed by atoms with Gasteiger partial charge < -0.3 is 55.9 Å². The molecule has 0 aromatic heterocycles. The molecule has 11 atom stereocenters. The number of hydrogen-bond donors (Lipinski definition) is 8. The summed E-state index contributed by atoms with van der Waals surface area (Å²) in [6, 6.07) is -1.23. The Morgan fingerprint density at radius 2 is 1.77 bits per heavy atom. The Morgan fingerprint density at radius 1 is 1.12 bits per heavy atom. The maximum Gasteiger partial charge on any atom is 0.228 e. The van der Waals surface area contributed by atoms with Gasteiger partial charge in [-0.1, -0.05) is 39.8 Å². The van der Waals surface area contributed by atoms with Crippen molar-refractivity contribution < 1.29 is 49.6 Å². The van der Waals surface area contributed by atoms with Crippen LogP contribution >= 0.6 is 0 Å². The molecule has 9 N–H and O–H groups in total. The van der Waals surface area contributed by atoms with E-state index >= 15 is 0 Å². The average Bonchev–Trinajstić information content (AvgIpc) is 2.82. The fraction of sp³-hybridized carbons (Fsp3) is 0.893. The van der Waals surface area contributed by atoms with Gasteiger partial charge in [0.05, 0.1) is 54.7 Å². The van der Waals surface area contributed by atoms with E-state index in [2.05, 4.69) is 5.32 Å². The van der Waals surface area contributed by atoms with Gasteiger partial charge in [-0.3, -0.25) is 4.79 Å². The van der Waals surface area contributed by atoms with E-state index in [1.807, 2.05) is 19.9 Å². The molecule has 0 spiro atoms. The van der Waals surface area contributed by atoms with E-state index in [-0.39, 0.29) is 37.1 Å². The van der Waals surface area contributed by atoms with Crippen molar-refractivity contribution in [3.05, 3.63) is 12.2 Å². The summed E-state index contributed by atoms with van der Waals surface area (Å²) in [5.41, 5.74) is 5.98. The van der Waals surface area contributed by atoms with E-state index in [1.54, 1.807) is 26.8 Å². The van der Waals surface area contributed by atoms with E-state index < -0.39 is 78.8 Å². The molecule has 3 rings (SSSR count). The van der Waals surface area contributed by atoms with Crippen molar-refractivity contribution in [3.8, 4) is 0 Å². The molecule has 0 radical (unpaired) electrons. The topological polar surface area (TPSA) is 204 Å². The minimum atomic E-state index is -1.90. The van der Waals surface area contributed by atoms with E-state index in [1.165, 1.54) is 0 Å². The third-order valence-corrected chi connectivity index (χ3v) is 8.16. The highest BCUT2D eigenvalue weighted by Gasteiger charge is 2.51. The van der Waals surface area contributed by atoms with Crippen LogP contribution in [-0.2, 0) is 19.0 Å². The van der Waals surface area contributed by atoms with E-state index in [9.17, 15) is 35.4 Å². The first-order valence-corrected chi connectivity index (χ1v) is 14.5. The van der Waals surface area contributed by atoms with Crippen molar-refractivity contribution in [2.45, 2.75) is 140 Å². The lowest BCUT2D eigenvalue weighted by Crippen LogP contribution is -2.62. The van der Waals surface area contributed by atoms with Gasteiger partial charge in [-0.15, -0.1) is 0 Å². The Balaban J connectivity index is 1.86. The van der Waals surface area contributed by atoms with Crippen molar-refractivity contribution in [1.82, 2.24) is 5.32 Å². The lowest BCUT2D eigenvalue weighted by atomic mass is 9.81. The van der Waals surface area contributed by atoms with E-state index in [0.717, 1.165) is 0 Å². The molecule has 40 heavy (non-hydrogen) atoms. The number of carbonyl (C=O) groups is 1. The maximum absolute atomic E-state index is 13.4. The Kier molecular flexibility index (Phi) is 11.5. The second kappa shape index (κ2) is 13.9. The first-order chi connectivity index (χ1) is 18.6. The molecule has 2 heterocycles. The summed E-state index contributed by atoms with van der Waals surface area (Å²) in [5.74, 6) is -3.49. The molecule has 1 saturated carbocycles. The molecule has 3 fully saturated rings. The zero-order chi connectivity index (χ0) is 29.9.